The lowest BCUT2D eigenvalue weighted by Crippen LogP contribution is -1.87. The second-order valence-electron chi connectivity index (χ2n) is 3.72. The molecule has 13 heavy (non-hydrogen) atoms. The van der Waals surface area contributed by atoms with Crippen LogP contribution in [0.15, 0.2) is 11.4 Å². The topological polar surface area (TPSA) is 17.1 Å². The number of ketones is 1. The van der Waals surface area contributed by atoms with E-state index in [0.29, 0.717) is 0 Å². The van der Waals surface area contributed by atoms with E-state index in [2.05, 4.69) is 20.8 Å². The van der Waals surface area contributed by atoms with Crippen LogP contribution in [0.2, 0.25) is 0 Å². The van der Waals surface area contributed by atoms with Crippen molar-refractivity contribution in [3.8, 4) is 0 Å². The number of Topliss-reactive ketones (excluding diaryl/α,β-unsaturated/α-hetero) is 1. The third kappa shape index (κ3) is 5.58. The van der Waals surface area contributed by atoms with E-state index in [0.717, 1.165) is 16.4 Å². The molecule has 0 fully saturated rings. The number of hydrogen-bond donors (Lipinski definition) is 0. The SMILES string of the molecule is CC(=O)c1sccc1C.CC(C)C. The molecule has 0 saturated heterocycles. The van der Waals surface area contributed by atoms with E-state index in [1.54, 1.807) is 6.92 Å². The molecule has 0 aliphatic rings. The van der Waals surface area contributed by atoms with Crippen molar-refractivity contribution in [1.82, 2.24) is 0 Å². The normalized spacial score (nSPS) is 9.38. The van der Waals surface area contributed by atoms with Crippen LogP contribution in [0.5, 0.6) is 0 Å². The Kier molecular flexibility index (Phi) is 5.63. The molecule has 1 aromatic heterocycles. The van der Waals surface area contributed by atoms with Crippen LogP contribution in [0.4, 0.5) is 0 Å². The fourth-order valence-corrected chi connectivity index (χ4v) is 1.56. The summed E-state index contributed by atoms with van der Waals surface area (Å²) in [5.74, 6) is 1.00. The lowest BCUT2D eigenvalue weighted by molar-refractivity contribution is 0.102. The van der Waals surface area contributed by atoms with Gasteiger partial charge < -0.3 is 0 Å². The van der Waals surface area contributed by atoms with Crippen molar-refractivity contribution in [1.29, 1.82) is 0 Å². The van der Waals surface area contributed by atoms with E-state index in [9.17, 15) is 4.79 Å². The van der Waals surface area contributed by atoms with E-state index in [1.807, 2.05) is 18.4 Å². The molecule has 2 heteroatoms. The quantitative estimate of drug-likeness (QED) is 0.625. The number of thiophene rings is 1. The summed E-state index contributed by atoms with van der Waals surface area (Å²) in [4.78, 5) is 11.6. The number of carbonyl (C=O) groups is 1. The Labute approximate surface area is 84.8 Å². The third-order valence-corrected chi connectivity index (χ3v) is 2.30. The Morgan fingerprint density at radius 1 is 1.38 bits per heavy atom. The van der Waals surface area contributed by atoms with E-state index in [1.165, 1.54) is 11.3 Å². The molecule has 0 aromatic carbocycles. The van der Waals surface area contributed by atoms with Crippen LogP contribution in [0.1, 0.15) is 42.9 Å². The zero-order valence-corrected chi connectivity index (χ0v) is 9.87. The molecule has 0 aliphatic carbocycles. The van der Waals surface area contributed by atoms with E-state index < -0.39 is 0 Å². The van der Waals surface area contributed by atoms with Gasteiger partial charge in [-0.2, -0.15) is 0 Å². The Morgan fingerprint density at radius 3 is 2.00 bits per heavy atom. The first kappa shape index (κ1) is 12.4. The highest BCUT2D eigenvalue weighted by Crippen LogP contribution is 2.15. The largest absolute Gasteiger partial charge is 0.294 e. The van der Waals surface area contributed by atoms with Crippen LogP contribution in [-0.2, 0) is 0 Å². The van der Waals surface area contributed by atoms with Crippen LogP contribution in [0.25, 0.3) is 0 Å². The van der Waals surface area contributed by atoms with E-state index in [-0.39, 0.29) is 5.78 Å². The Hall–Kier alpha value is -0.630. The second kappa shape index (κ2) is 5.92. The first-order chi connectivity index (χ1) is 5.95. The van der Waals surface area contributed by atoms with Gasteiger partial charge in [0.1, 0.15) is 0 Å². The number of rotatable bonds is 1. The molecule has 0 N–H and O–H groups in total. The molecule has 0 saturated carbocycles. The standard InChI is InChI=1S/C7H8OS.C4H10/c1-5-3-4-9-7(5)6(2)8;1-4(2)3/h3-4H,1-2H3;4H,1-3H3. The third-order valence-electron chi connectivity index (χ3n) is 1.18. The van der Waals surface area contributed by atoms with Gasteiger partial charge in [0.25, 0.3) is 0 Å². The summed E-state index contributed by atoms with van der Waals surface area (Å²) in [5.41, 5.74) is 1.09. The molecule has 1 rings (SSSR count). The second-order valence-corrected chi connectivity index (χ2v) is 4.64. The van der Waals surface area contributed by atoms with Crippen molar-refractivity contribution in [3.63, 3.8) is 0 Å². The van der Waals surface area contributed by atoms with Gasteiger partial charge in [0.15, 0.2) is 5.78 Å². The highest BCUT2D eigenvalue weighted by atomic mass is 32.1. The minimum atomic E-state index is 0.169. The van der Waals surface area contributed by atoms with Gasteiger partial charge in [-0.25, -0.2) is 0 Å². The summed E-state index contributed by atoms with van der Waals surface area (Å²) in [6.07, 6.45) is 0. The number of aryl methyl sites for hydroxylation is 1. The molecule has 74 valence electrons. The van der Waals surface area contributed by atoms with Crippen LogP contribution in [-0.4, -0.2) is 5.78 Å². The molecule has 1 aromatic rings. The van der Waals surface area contributed by atoms with Crippen LogP contribution in [0.3, 0.4) is 0 Å². The fourth-order valence-electron chi connectivity index (χ4n) is 0.733. The molecular formula is C11H18OS. The van der Waals surface area contributed by atoms with Gasteiger partial charge in [-0.05, 0) is 36.8 Å². The van der Waals surface area contributed by atoms with Crippen molar-refractivity contribution in [3.05, 3.63) is 21.9 Å². The number of carbonyl (C=O) groups excluding carboxylic acids is 1. The maximum absolute atomic E-state index is 10.7. The van der Waals surface area contributed by atoms with Crippen molar-refractivity contribution in [2.75, 3.05) is 0 Å². The first-order valence-electron chi connectivity index (χ1n) is 4.50. The Morgan fingerprint density at radius 2 is 1.85 bits per heavy atom. The molecular weight excluding hydrogens is 180 g/mol. The average Bonchev–Trinajstić information content (AvgIpc) is 2.33. The predicted molar refractivity (Wildman–Crippen MR) is 59.6 cm³/mol. The molecule has 0 spiro atoms. The van der Waals surface area contributed by atoms with Gasteiger partial charge in [-0.3, -0.25) is 4.79 Å². The van der Waals surface area contributed by atoms with Crippen LogP contribution >= 0.6 is 11.3 Å². The molecule has 0 amide bonds. The van der Waals surface area contributed by atoms with E-state index >= 15 is 0 Å². The highest BCUT2D eigenvalue weighted by molar-refractivity contribution is 7.12. The molecule has 0 aliphatic heterocycles. The van der Waals surface area contributed by atoms with Gasteiger partial charge in [0.05, 0.1) is 4.88 Å². The van der Waals surface area contributed by atoms with Crippen molar-refractivity contribution < 1.29 is 4.79 Å². The zero-order chi connectivity index (χ0) is 10.4. The van der Waals surface area contributed by atoms with Crippen molar-refractivity contribution in [2.45, 2.75) is 34.6 Å². The monoisotopic (exact) mass is 198 g/mol. The summed E-state index contributed by atoms with van der Waals surface area (Å²) in [7, 11) is 0. The van der Waals surface area contributed by atoms with Gasteiger partial charge in [0, 0.05) is 0 Å². The minimum absolute atomic E-state index is 0.169. The minimum Gasteiger partial charge on any atom is -0.294 e. The maximum atomic E-state index is 10.7. The van der Waals surface area contributed by atoms with Gasteiger partial charge in [-0.15, -0.1) is 11.3 Å². The zero-order valence-electron chi connectivity index (χ0n) is 9.05. The molecule has 0 radical (unpaired) electrons. The summed E-state index contributed by atoms with van der Waals surface area (Å²) in [6.45, 7) is 10.0. The van der Waals surface area contributed by atoms with E-state index in [4.69, 9.17) is 0 Å². The van der Waals surface area contributed by atoms with Crippen LogP contribution in [0, 0.1) is 12.8 Å². The lowest BCUT2D eigenvalue weighted by atomic mass is 10.2. The molecule has 1 heterocycles. The number of hydrogen-bond acceptors (Lipinski definition) is 2. The first-order valence-corrected chi connectivity index (χ1v) is 5.38. The average molecular weight is 198 g/mol. The predicted octanol–water partition coefficient (Wildman–Crippen LogP) is 3.92. The Balaban J connectivity index is 0.000000310. The molecule has 1 nitrogen and oxygen atoms in total. The summed E-state index contributed by atoms with van der Waals surface area (Å²) in [6, 6.07) is 1.96. The highest BCUT2D eigenvalue weighted by Gasteiger charge is 2.02. The summed E-state index contributed by atoms with van der Waals surface area (Å²) in [5, 5.41) is 1.94. The van der Waals surface area contributed by atoms with Gasteiger partial charge in [-0.1, -0.05) is 20.8 Å². The van der Waals surface area contributed by atoms with Gasteiger partial charge >= 0.3 is 0 Å². The van der Waals surface area contributed by atoms with Crippen LogP contribution < -0.4 is 0 Å². The Bertz CT molecular complexity index is 258. The van der Waals surface area contributed by atoms with Crippen molar-refractivity contribution >= 4 is 17.1 Å². The molecule has 0 atom stereocenters. The lowest BCUT2D eigenvalue weighted by Gasteiger charge is -1.87. The fraction of sp³-hybridized carbons (Fsp3) is 0.545. The van der Waals surface area contributed by atoms with Crippen molar-refractivity contribution in [2.24, 2.45) is 5.92 Å². The summed E-state index contributed by atoms with van der Waals surface area (Å²) < 4.78 is 0. The molecule has 0 bridgehead atoms. The maximum Gasteiger partial charge on any atom is 0.169 e. The summed E-state index contributed by atoms with van der Waals surface area (Å²) >= 11 is 1.51. The smallest absolute Gasteiger partial charge is 0.169 e. The van der Waals surface area contributed by atoms with Gasteiger partial charge in [0.2, 0.25) is 0 Å². The molecule has 0 unspecified atom stereocenters.